The number of nitrogens with one attached hydrogen (secondary N) is 1. The molecular formula is C23H23NO4S. The second-order valence-corrected chi connectivity index (χ2v) is 8.33. The van der Waals surface area contributed by atoms with Gasteiger partial charge in [-0.1, -0.05) is 24.3 Å². The Balaban J connectivity index is 1.84. The third-order valence-electron chi connectivity index (χ3n) is 5.50. The van der Waals surface area contributed by atoms with Gasteiger partial charge in [-0.25, -0.2) is 4.79 Å². The fraction of sp³-hybridized carbons (Fsp3) is 0.304. The molecule has 2 aromatic rings. The summed E-state index contributed by atoms with van der Waals surface area (Å²) in [5, 5.41) is 15.3. The number of thiophene rings is 1. The van der Waals surface area contributed by atoms with Crippen LogP contribution in [0.5, 0.6) is 5.75 Å². The van der Waals surface area contributed by atoms with Crippen molar-refractivity contribution in [3.8, 4) is 5.75 Å². The number of hydrogen-bond acceptors (Lipinski definition) is 6. The molecule has 3 atom stereocenters. The standard InChI is InChI=1S/C23H23NO4S/c1-3-28-23(27)20-13(2)24-17-11-15(19-8-5-9-29-19)12-18(26)22(17)21(20)14-6-4-7-16(25)10-14/h4-11,15,21-22,24-25H,3,12H2,1-2H3. The fourth-order valence-electron chi connectivity index (χ4n) is 4.32. The van der Waals surface area contributed by atoms with Crippen LogP contribution >= 0.6 is 11.3 Å². The number of rotatable bonds is 4. The van der Waals surface area contributed by atoms with Crippen molar-refractivity contribution in [3.05, 3.63) is 75.3 Å². The Morgan fingerprint density at radius 2 is 2.10 bits per heavy atom. The normalized spacial score (nSPS) is 23.9. The van der Waals surface area contributed by atoms with E-state index in [9.17, 15) is 14.7 Å². The highest BCUT2D eigenvalue weighted by atomic mass is 32.1. The first-order valence-electron chi connectivity index (χ1n) is 9.71. The van der Waals surface area contributed by atoms with Gasteiger partial charge in [0.15, 0.2) is 0 Å². The van der Waals surface area contributed by atoms with E-state index in [-0.39, 0.29) is 24.1 Å². The predicted octanol–water partition coefficient (Wildman–Crippen LogP) is 4.23. The van der Waals surface area contributed by atoms with E-state index in [1.807, 2.05) is 30.5 Å². The lowest BCUT2D eigenvalue weighted by molar-refractivity contribution is -0.139. The van der Waals surface area contributed by atoms with Crippen LogP contribution < -0.4 is 5.32 Å². The molecule has 1 aliphatic carbocycles. The van der Waals surface area contributed by atoms with Crippen LogP contribution in [0.1, 0.15) is 42.5 Å². The maximum Gasteiger partial charge on any atom is 0.336 e. The molecule has 150 valence electrons. The molecule has 2 aliphatic rings. The molecule has 1 aromatic heterocycles. The molecule has 1 aliphatic heterocycles. The van der Waals surface area contributed by atoms with Crippen LogP contribution in [0.4, 0.5) is 0 Å². The minimum absolute atomic E-state index is 0.0306. The van der Waals surface area contributed by atoms with Crippen molar-refractivity contribution in [2.75, 3.05) is 6.61 Å². The molecule has 0 amide bonds. The van der Waals surface area contributed by atoms with Gasteiger partial charge < -0.3 is 15.2 Å². The molecule has 0 saturated heterocycles. The SMILES string of the molecule is CCOC(=O)C1=C(C)NC2=CC(c3cccs3)CC(=O)C2C1c1cccc(O)c1. The maximum absolute atomic E-state index is 13.3. The molecule has 5 nitrogen and oxygen atoms in total. The summed E-state index contributed by atoms with van der Waals surface area (Å²) in [4.78, 5) is 27.3. The van der Waals surface area contributed by atoms with E-state index in [2.05, 4.69) is 11.4 Å². The van der Waals surface area contributed by atoms with Crippen LogP contribution in [0.15, 0.2) is 64.8 Å². The van der Waals surface area contributed by atoms with Gasteiger partial charge in [-0.2, -0.15) is 0 Å². The zero-order valence-corrected chi connectivity index (χ0v) is 17.2. The number of hydrogen-bond donors (Lipinski definition) is 2. The summed E-state index contributed by atoms with van der Waals surface area (Å²) in [6.45, 7) is 3.85. The van der Waals surface area contributed by atoms with Crippen molar-refractivity contribution < 1.29 is 19.4 Å². The van der Waals surface area contributed by atoms with E-state index in [1.54, 1.807) is 36.5 Å². The Hall–Kier alpha value is -2.86. The second-order valence-electron chi connectivity index (χ2n) is 7.35. The largest absolute Gasteiger partial charge is 0.508 e. The summed E-state index contributed by atoms with van der Waals surface area (Å²) in [6.07, 6.45) is 2.50. The number of carbonyl (C=O) groups excluding carboxylic acids is 2. The smallest absolute Gasteiger partial charge is 0.336 e. The Morgan fingerprint density at radius 1 is 1.28 bits per heavy atom. The van der Waals surface area contributed by atoms with Gasteiger partial charge in [0.1, 0.15) is 11.5 Å². The van der Waals surface area contributed by atoms with Gasteiger partial charge in [-0.05, 0) is 43.0 Å². The minimum Gasteiger partial charge on any atom is -0.508 e. The number of phenols is 1. The van der Waals surface area contributed by atoms with Gasteiger partial charge >= 0.3 is 5.97 Å². The third-order valence-corrected chi connectivity index (χ3v) is 6.50. The zero-order valence-electron chi connectivity index (χ0n) is 16.3. The number of esters is 1. The summed E-state index contributed by atoms with van der Waals surface area (Å²) < 4.78 is 5.30. The minimum atomic E-state index is -0.504. The summed E-state index contributed by atoms with van der Waals surface area (Å²) in [5.74, 6) is -1.22. The molecule has 0 spiro atoms. The van der Waals surface area contributed by atoms with Crippen LogP contribution in [0.3, 0.4) is 0 Å². The zero-order chi connectivity index (χ0) is 20.5. The highest BCUT2D eigenvalue weighted by Gasteiger charge is 2.45. The van der Waals surface area contributed by atoms with E-state index >= 15 is 0 Å². The van der Waals surface area contributed by atoms with Gasteiger partial charge in [0.05, 0.1) is 18.1 Å². The first-order valence-corrected chi connectivity index (χ1v) is 10.6. The maximum atomic E-state index is 13.3. The van der Waals surface area contributed by atoms with Crippen molar-refractivity contribution in [2.45, 2.75) is 32.1 Å². The molecule has 4 rings (SSSR count). The summed E-state index contributed by atoms with van der Waals surface area (Å²) in [7, 11) is 0. The average molecular weight is 410 g/mol. The number of carbonyl (C=O) groups is 2. The molecule has 0 bridgehead atoms. The van der Waals surface area contributed by atoms with E-state index in [4.69, 9.17) is 4.74 Å². The quantitative estimate of drug-likeness (QED) is 0.739. The molecule has 0 radical (unpaired) electrons. The number of Topliss-reactive ketones (excluding diaryl/α,β-unsaturated/α-hetero) is 1. The van der Waals surface area contributed by atoms with Crippen LogP contribution in [0, 0.1) is 5.92 Å². The Morgan fingerprint density at radius 3 is 2.79 bits per heavy atom. The first-order chi connectivity index (χ1) is 14.0. The monoisotopic (exact) mass is 409 g/mol. The van der Waals surface area contributed by atoms with E-state index in [0.29, 0.717) is 17.7 Å². The topological polar surface area (TPSA) is 75.6 Å². The number of phenolic OH excluding ortho intramolecular Hbond substituents is 1. The predicted molar refractivity (Wildman–Crippen MR) is 112 cm³/mol. The number of allylic oxidation sites excluding steroid dienone is 3. The summed E-state index contributed by atoms with van der Waals surface area (Å²) in [6, 6.07) is 10.8. The molecule has 0 fully saturated rings. The highest BCUT2D eigenvalue weighted by molar-refractivity contribution is 7.10. The number of fused-ring (bicyclic) bond motifs is 1. The Labute approximate surface area is 173 Å². The van der Waals surface area contributed by atoms with E-state index in [1.165, 1.54) is 0 Å². The van der Waals surface area contributed by atoms with Gasteiger partial charge in [0, 0.05) is 34.5 Å². The van der Waals surface area contributed by atoms with Crippen LogP contribution in [0.2, 0.25) is 0 Å². The lowest BCUT2D eigenvalue weighted by Gasteiger charge is -2.39. The van der Waals surface area contributed by atoms with Crippen molar-refractivity contribution in [1.29, 1.82) is 0 Å². The second kappa shape index (κ2) is 7.87. The number of ketones is 1. The van der Waals surface area contributed by atoms with E-state index < -0.39 is 17.8 Å². The average Bonchev–Trinajstić information content (AvgIpc) is 3.21. The molecule has 1 aromatic carbocycles. The fourth-order valence-corrected chi connectivity index (χ4v) is 5.11. The highest BCUT2D eigenvalue weighted by Crippen LogP contribution is 2.46. The summed E-state index contributed by atoms with van der Waals surface area (Å²) >= 11 is 1.64. The molecule has 3 unspecified atom stereocenters. The van der Waals surface area contributed by atoms with Gasteiger partial charge in [0.2, 0.25) is 0 Å². The molecule has 0 saturated carbocycles. The molecule has 2 N–H and O–H groups in total. The lowest BCUT2D eigenvalue weighted by Crippen LogP contribution is -2.41. The Kier molecular flexibility index (Phi) is 5.28. The number of ether oxygens (including phenoxy) is 1. The molecule has 2 heterocycles. The van der Waals surface area contributed by atoms with Crippen molar-refractivity contribution >= 4 is 23.1 Å². The van der Waals surface area contributed by atoms with Gasteiger partial charge in [-0.15, -0.1) is 11.3 Å². The molecule has 6 heteroatoms. The number of benzene rings is 1. The van der Waals surface area contributed by atoms with Crippen molar-refractivity contribution in [1.82, 2.24) is 5.32 Å². The lowest BCUT2D eigenvalue weighted by atomic mass is 9.69. The van der Waals surface area contributed by atoms with E-state index in [0.717, 1.165) is 16.1 Å². The first kappa shape index (κ1) is 19.5. The summed E-state index contributed by atoms with van der Waals surface area (Å²) in [5.41, 5.74) is 2.67. The van der Waals surface area contributed by atoms with Crippen molar-refractivity contribution in [2.24, 2.45) is 5.92 Å². The van der Waals surface area contributed by atoms with Gasteiger partial charge in [0.25, 0.3) is 0 Å². The third kappa shape index (κ3) is 3.60. The van der Waals surface area contributed by atoms with Crippen LogP contribution in [-0.2, 0) is 14.3 Å². The van der Waals surface area contributed by atoms with Crippen molar-refractivity contribution in [3.63, 3.8) is 0 Å². The Bertz CT molecular complexity index is 1010. The van der Waals surface area contributed by atoms with Crippen LogP contribution in [-0.4, -0.2) is 23.5 Å². The van der Waals surface area contributed by atoms with Gasteiger partial charge in [-0.3, -0.25) is 4.79 Å². The molecule has 29 heavy (non-hydrogen) atoms. The number of aromatic hydroxyl groups is 1. The molecular weight excluding hydrogens is 386 g/mol. The van der Waals surface area contributed by atoms with Crippen LogP contribution in [0.25, 0.3) is 0 Å².